The summed E-state index contributed by atoms with van der Waals surface area (Å²) in [6.07, 6.45) is 4.54. The van der Waals surface area contributed by atoms with E-state index in [1.54, 1.807) is 7.05 Å². The lowest BCUT2D eigenvalue weighted by molar-refractivity contribution is 0.336. The number of aliphatic imine (C=N–C) groups is 1. The van der Waals surface area contributed by atoms with Crippen LogP contribution in [0.4, 0.5) is 0 Å². The number of thioether (sulfide) groups is 1. The first kappa shape index (κ1) is 21.4. The third kappa shape index (κ3) is 8.73. The van der Waals surface area contributed by atoms with Crippen LogP contribution >= 0.6 is 35.7 Å². The van der Waals surface area contributed by atoms with Gasteiger partial charge in [-0.05, 0) is 37.8 Å². The molecule has 0 aliphatic carbocycles. The summed E-state index contributed by atoms with van der Waals surface area (Å²) in [6, 6.07) is 8.09. The SMILES string of the molecule is CCOc1ccccc1CNC(=NC)NCCCCSC.I. The van der Waals surface area contributed by atoms with Gasteiger partial charge in [0.15, 0.2) is 5.96 Å². The van der Waals surface area contributed by atoms with Gasteiger partial charge >= 0.3 is 0 Å². The molecule has 0 heterocycles. The topological polar surface area (TPSA) is 45.6 Å². The van der Waals surface area contributed by atoms with Crippen LogP contribution < -0.4 is 15.4 Å². The minimum atomic E-state index is 0. The average molecular weight is 437 g/mol. The number of nitrogens with one attached hydrogen (secondary N) is 2. The van der Waals surface area contributed by atoms with Crippen LogP contribution in [0.2, 0.25) is 0 Å². The summed E-state index contributed by atoms with van der Waals surface area (Å²) < 4.78 is 5.63. The van der Waals surface area contributed by atoms with E-state index in [0.29, 0.717) is 13.2 Å². The first-order chi connectivity index (χ1) is 10.3. The zero-order valence-corrected chi connectivity index (χ0v) is 16.9. The molecule has 1 rings (SSSR count). The molecule has 1 aromatic rings. The van der Waals surface area contributed by atoms with E-state index >= 15 is 0 Å². The van der Waals surface area contributed by atoms with Crippen molar-refractivity contribution in [3.05, 3.63) is 29.8 Å². The molecule has 22 heavy (non-hydrogen) atoms. The van der Waals surface area contributed by atoms with Crippen molar-refractivity contribution in [3.63, 3.8) is 0 Å². The second-order valence-electron chi connectivity index (χ2n) is 4.59. The number of guanidine groups is 1. The van der Waals surface area contributed by atoms with E-state index < -0.39 is 0 Å². The summed E-state index contributed by atoms with van der Waals surface area (Å²) in [7, 11) is 1.80. The second-order valence-corrected chi connectivity index (χ2v) is 5.58. The van der Waals surface area contributed by atoms with Gasteiger partial charge in [-0.15, -0.1) is 24.0 Å². The van der Waals surface area contributed by atoms with Crippen LogP contribution in [-0.2, 0) is 6.54 Å². The molecular weight excluding hydrogens is 409 g/mol. The van der Waals surface area contributed by atoms with Gasteiger partial charge in [-0.1, -0.05) is 18.2 Å². The lowest BCUT2D eigenvalue weighted by atomic mass is 10.2. The van der Waals surface area contributed by atoms with Gasteiger partial charge in [-0.3, -0.25) is 4.99 Å². The molecule has 0 unspecified atom stereocenters. The van der Waals surface area contributed by atoms with Gasteiger partial charge in [0.05, 0.1) is 6.61 Å². The average Bonchev–Trinajstić information content (AvgIpc) is 2.51. The van der Waals surface area contributed by atoms with Gasteiger partial charge in [-0.2, -0.15) is 11.8 Å². The number of benzene rings is 1. The minimum absolute atomic E-state index is 0. The van der Waals surface area contributed by atoms with E-state index in [0.717, 1.165) is 30.2 Å². The van der Waals surface area contributed by atoms with E-state index in [2.05, 4.69) is 27.9 Å². The number of para-hydroxylation sites is 1. The monoisotopic (exact) mass is 437 g/mol. The van der Waals surface area contributed by atoms with Gasteiger partial charge in [0, 0.05) is 25.7 Å². The summed E-state index contributed by atoms with van der Waals surface area (Å²) in [5, 5.41) is 6.67. The molecule has 6 heteroatoms. The Morgan fingerprint density at radius 1 is 1.23 bits per heavy atom. The first-order valence-corrected chi connectivity index (χ1v) is 8.85. The van der Waals surface area contributed by atoms with Crippen LogP contribution in [0.25, 0.3) is 0 Å². The fourth-order valence-corrected chi connectivity index (χ4v) is 2.42. The molecule has 0 aromatic heterocycles. The van der Waals surface area contributed by atoms with Crippen molar-refractivity contribution in [1.82, 2.24) is 10.6 Å². The Bertz CT molecular complexity index is 430. The van der Waals surface area contributed by atoms with Crippen LogP contribution in [-0.4, -0.2) is 38.2 Å². The Morgan fingerprint density at radius 3 is 2.68 bits per heavy atom. The summed E-state index contributed by atoms with van der Waals surface area (Å²) in [6.45, 7) is 4.34. The second kappa shape index (κ2) is 14.0. The minimum Gasteiger partial charge on any atom is -0.494 e. The molecule has 0 saturated heterocycles. The van der Waals surface area contributed by atoms with Gasteiger partial charge in [0.25, 0.3) is 0 Å². The standard InChI is InChI=1S/C16H27N3OS.HI/c1-4-20-15-10-6-5-9-14(15)13-19-16(17-2)18-11-7-8-12-21-3;/h5-6,9-10H,4,7-8,11-13H2,1-3H3,(H2,17,18,19);1H. The van der Waals surface area contributed by atoms with Crippen LogP contribution in [0.3, 0.4) is 0 Å². The molecule has 0 aliphatic heterocycles. The highest BCUT2D eigenvalue weighted by Crippen LogP contribution is 2.17. The van der Waals surface area contributed by atoms with E-state index in [1.807, 2.05) is 36.9 Å². The lowest BCUT2D eigenvalue weighted by Crippen LogP contribution is -2.37. The lowest BCUT2D eigenvalue weighted by Gasteiger charge is -2.14. The van der Waals surface area contributed by atoms with E-state index in [9.17, 15) is 0 Å². The molecule has 126 valence electrons. The maximum Gasteiger partial charge on any atom is 0.191 e. The van der Waals surface area contributed by atoms with Gasteiger partial charge < -0.3 is 15.4 Å². The van der Waals surface area contributed by atoms with Crippen molar-refractivity contribution in [2.24, 2.45) is 4.99 Å². The van der Waals surface area contributed by atoms with Crippen molar-refractivity contribution in [1.29, 1.82) is 0 Å². The highest BCUT2D eigenvalue weighted by Gasteiger charge is 2.03. The number of nitrogens with zero attached hydrogens (tertiary/aromatic N) is 1. The van der Waals surface area contributed by atoms with E-state index in [1.165, 1.54) is 12.2 Å². The smallest absolute Gasteiger partial charge is 0.191 e. The molecule has 0 bridgehead atoms. The van der Waals surface area contributed by atoms with Gasteiger partial charge in [-0.25, -0.2) is 0 Å². The third-order valence-electron chi connectivity index (χ3n) is 3.01. The van der Waals surface area contributed by atoms with Crippen molar-refractivity contribution in [3.8, 4) is 5.75 Å². The maximum atomic E-state index is 5.63. The first-order valence-electron chi connectivity index (χ1n) is 7.46. The normalized spacial score (nSPS) is 10.8. The Morgan fingerprint density at radius 2 is 2.00 bits per heavy atom. The van der Waals surface area contributed by atoms with Crippen LogP contribution in [0.1, 0.15) is 25.3 Å². The molecule has 0 spiro atoms. The Kier molecular flexibility index (Phi) is 13.6. The summed E-state index contributed by atoms with van der Waals surface area (Å²) in [4.78, 5) is 4.24. The van der Waals surface area contributed by atoms with Crippen LogP contribution in [0.5, 0.6) is 5.75 Å². The fourth-order valence-electron chi connectivity index (χ4n) is 1.92. The maximum absolute atomic E-state index is 5.63. The zero-order valence-electron chi connectivity index (χ0n) is 13.7. The summed E-state index contributed by atoms with van der Waals surface area (Å²) >= 11 is 1.89. The molecule has 0 aliphatic rings. The van der Waals surface area contributed by atoms with Crippen molar-refractivity contribution >= 4 is 41.7 Å². The molecule has 0 atom stereocenters. The predicted octanol–water partition coefficient (Wildman–Crippen LogP) is 3.51. The summed E-state index contributed by atoms with van der Waals surface area (Å²) in [5.41, 5.74) is 1.14. The quantitative estimate of drug-likeness (QED) is 0.269. The Hall–Kier alpha value is -0.630. The number of hydrogen-bond acceptors (Lipinski definition) is 3. The molecule has 0 saturated carbocycles. The summed E-state index contributed by atoms with van der Waals surface area (Å²) in [5.74, 6) is 2.99. The number of halogens is 1. The van der Waals surface area contributed by atoms with Crippen LogP contribution in [0.15, 0.2) is 29.3 Å². The molecule has 0 radical (unpaired) electrons. The van der Waals surface area contributed by atoms with Crippen molar-refractivity contribution in [2.45, 2.75) is 26.3 Å². The van der Waals surface area contributed by atoms with E-state index in [-0.39, 0.29) is 24.0 Å². The molecule has 0 fully saturated rings. The molecule has 4 nitrogen and oxygen atoms in total. The fraction of sp³-hybridized carbons (Fsp3) is 0.562. The molecule has 1 aromatic carbocycles. The van der Waals surface area contributed by atoms with Crippen LogP contribution in [0, 0.1) is 0 Å². The van der Waals surface area contributed by atoms with Crippen molar-refractivity contribution < 1.29 is 4.74 Å². The molecule has 0 amide bonds. The van der Waals surface area contributed by atoms with Crippen molar-refractivity contribution in [2.75, 3.05) is 32.2 Å². The molecule has 2 N–H and O–H groups in total. The molecular formula is C16H28IN3OS. The number of rotatable bonds is 9. The highest BCUT2D eigenvalue weighted by atomic mass is 127. The van der Waals surface area contributed by atoms with Gasteiger partial charge in [0.1, 0.15) is 5.75 Å². The Balaban J connectivity index is 0.00000441. The van der Waals surface area contributed by atoms with E-state index in [4.69, 9.17) is 4.74 Å². The highest BCUT2D eigenvalue weighted by molar-refractivity contribution is 14.0. The van der Waals surface area contributed by atoms with Gasteiger partial charge in [0.2, 0.25) is 0 Å². The number of hydrogen-bond donors (Lipinski definition) is 2. The number of ether oxygens (including phenoxy) is 1. The predicted molar refractivity (Wildman–Crippen MR) is 109 cm³/mol. The third-order valence-corrected chi connectivity index (χ3v) is 3.71. The number of unbranched alkanes of at least 4 members (excludes halogenated alkanes) is 1. The zero-order chi connectivity index (χ0) is 15.3. The Labute approximate surface area is 155 Å². The largest absolute Gasteiger partial charge is 0.494 e.